The molecule has 0 saturated heterocycles. The first-order valence-corrected chi connectivity index (χ1v) is 10.9. The topological polar surface area (TPSA) is 91.6 Å². The number of benzene rings is 2. The van der Waals surface area contributed by atoms with Gasteiger partial charge in [-0.05, 0) is 69.6 Å². The Labute approximate surface area is 176 Å². The lowest BCUT2D eigenvalue weighted by Gasteiger charge is -2.22. The molecule has 0 aliphatic heterocycles. The van der Waals surface area contributed by atoms with Crippen molar-refractivity contribution in [3.8, 4) is 0 Å². The molecule has 0 aliphatic carbocycles. The number of carbonyl (C=O) groups excluding carboxylic acids is 1. The van der Waals surface area contributed by atoms with Crippen LogP contribution in [-0.4, -0.2) is 39.9 Å². The summed E-state index contributed by atoms with van der Waals surface area (Å²) in [5.41, 5.74) is 1.90. The summed E-state index contributed by atoms with van der Waals surface area (Å²) in [6.07, 6.45) is 1.59. The van der Waals surface area contributed by atoms with E-state index in [1.54, 1.807) is 24.5 Å². The largest absolute Gasteiger partial charge is 0.468 e. The third kappa shape index (κ3) is 5.28. The molecule has 158 valence electrons. The number of nitrogens with zero attached hydrogens (tertiary/aromatic N) is 1. The van der Waals surface area contributed by atoms with Crippen LogP contribution in [0.25, 0.3) is 0 Å². The van der Waals surface area contributed by atoms with Crippen molar-refractivity contribution in [2.24, 2.45) is 0 Å². The van der Waals surface area contributed by atoms with Crippen molar-refractivity contribution in [1.29, 1.82) is 0 Å². The number of hydrogen-bond donors (Lipinski definition) is 2. The number of sulfonamides is 1. The highest BCUT2D eigenvalue weighted by atomic mass is 32.2. The number of amides is 1. The Bertz CT molecular complexity index is 1070. The fourth-order valence-corrected chi connectivity index (χ4v) is 3.99. The van der Waals surface area contributed by atoms with Crippen molar-refractivity contribution >= 4 is 21.6 Å². The van der Waals surface area contributed by atoms with Crippen LogP contribution < -0.4 is 10.0 Å². The van der Waals surface area contributed by atoms with E-state index in [1.165, 1.54) is 24.3 Å². The van der Waals surface area contributed by atoms with E-state index in [2.05, 4.69) is 10.0 Å². The van der Waals surface area contributed by atoms with E-state index in [4.69, 9.17) is 4.42 Å². The molecule has 1 atom stereocenters. The zero-order chi connectivity index (χ0) is 21.7. The Morgan fingerprint density at radius 1 is 1.03 bits per heavy atom. The van der Waals surface area contributed by atoms with Gasteiger partial charge in [0, 0.05) is 17.8 Å². The molecule has 1 amide bonds. The number of rotatable bonds is 8. The number of furan rings is 1. The van der Waals surface area contributed by atoms with Crippen LogP contribution in [0.1, 0.15) is 27.7 Å². The summed E-state index contributed by atoms with van der Waals surface area (Å²) in [4.78, 5) is 14.5. The van der Waals surface area contributed by atoms with E-state index in [1.807, 2.05) is 44.1 Å². The molecule has 0 bridgehead atoms. The average molecular weight is 428 g/mol. The predicted molar refractivity (Wildman–Crippen MR) is 116 cm³/mol. The quantitative estimate of drug-likeness (QED) is 0.575. The molecule has 30 heavy (non-hydrogen) atoms. The van der Waals surface area contributed by atoms with Gasteiger partial charge in [0.2, 0.25) is 0 Å². The molecule has 2 N–H and O–H groups in total. The summed E-state index contributed by atoms with van der Waals surface area (Å²) in [7, 11) is 0.0697. The monoisotopic (exact) mass is 427 g/mol. The van der Waals surface area contributed by atoms with Gasteiger partial charge in [-0.15, -0.1) is 0 Å². The molecule has 0 saturated carbocycles. The highest BCUT2D eigenvalue weighted by Gasteiger charge is 2.19. The van der Waals surface area contributed by atoms with E-state index in [0.717, 1.165) is 11.3 Å². The summed E-state index contributed by atoms with van der Waals surface area (Å²) >= 11 is 0. The van der Waals surface area contributed by atoms with E-state index in [0.29, 0.717) is 17.8 Å². The number of carbonyl (C=O) groups is 1. The lowest BCUT2D eigenvalue weighted by atomic mass is 10.2. The summed E-state index contributed by atoms with van der Waals surface area (Å²) in [5, 5.41) is 2.87. The van der Waals surface area contributed by atoms with E-state index in [9.17, 15) is 13.2 Å². The molecule has 8 heteroatoms. The van der Waals surface area contributed by atoms with Crippen molar-refractivity contribution in [3.63, 3.8) is 0 Å². The van der Waals surface area contributed by atoms with Gasteiger partial charge >= 0.3 is 0 Å². The van der Waals surface area contributed by atoms with Gasteiger partial charge in [-0.1, -0.05) is 17.7 Å². The minimum absolute atomic E-state index is 0.0846. The van der Waals surface area contributed by atoms with Gasteiger partial charge in [0.25, 0.3) is 15.9 Å². The maximum Gasteiger partial charge on any atom is 0.261 e. The third-order valence-corrected chi connectivity index (χ3v) is 6.08. The Kier molecular flexibility index (Phi) is 6.59. The normalized spacial score (nSPS) is 12.5. The number of aryl methyl sites for hydroxylation is 1. The molecule has 0 spiro atoms. The molecule has 3 aromatic rings. The van der Waals surface area contributed by atoms with Gasteiger partial charge in [0.1, 0.15) is 5.76 Å². The van der Waals surface area contributed by atoms with Crippen LogP contribution in [0.5, 0.6) is 0 Å². The van der Waals surface area contributed by atoms with Crippen LogP contribution in [0.3, 0.4) is 0 Å². The van der Waals surface area contributed by atoms with Gasteiger partial charge in [0.15, 0.2) is 0 Å². The lowest BCUT2D eigenvalue weighted by Crippen LogP contribution is -2.34. The molecule has 0 fully saturated rings. The SMILES string of the molecule is Cc1ccc(NS(=O)(=O)c2ccc(C(=O)NC[C@H](c3ccco3)N(C)C)cc2)cc1. The maximum atomic E-state index is 12.6. The van der Waals surface area contributed by atoms with Crippen molar-refractivity contribution < 1.29 is 17.6 Å². The summed E-state index contributed by atoms with van der Waals surface area (Å²) in [6, 6.07) is 16.4. The first-order valence-electron chi connectivity index (χ1n) is 9.44. The van der Waals surface area contributed by atoms with Gasteiger partial charge in [-0.3, -0.25) is 14.4 Å². The van der Waals surface area contributed by atoms with Crippen LogP contribution in [0, 0.1) is 6.92 Å². The van der Waals surface area contributed by atoms with E-state index < -0.39 is 10.0 Å². The van der Waals surface area contributed by atoms with Crippen molar-refractivity contribution in [2.75, 3.05) is 25.4 Å². The van der Waals surface area contributed by atoms with Crippen LogP contribution in [-0.2, 0) is 10.0 Å². The first-order chi connectivity index (χ1) is 14.3. The van der Waals surface area contributed by atoms with Gasteiger partial charge in [0.05, 0.1) is 17.2 Å². The van der Waals surface area contributed by atoms with Crippen molar-refractivity contribution in [2.45, 2.75) is 17.9 Å². The smallest absolute Gasteiger partial charge is 0.261 e. The minimum Gasteiger partial charge on any atom is -0.468 e. The zero-order valence-corrected chi connectivity index (χ0v) is 17.9. The van der Waals surface area contributed by atoms with Crippen LogP contribution in [0.4, 0.5) is 5.69 Å². The molecule has 7 nitrogen and oxygen atoms in total. The molecule has 0 radical (unpaired) electrons. The van der Waals surface area contributed by atoms with Crippen LogP contribution in [0.15, 0.2) is 76.2 Å². The van der Waals surface area contributed by atoms with Gasteiger partial charge < -0.3 is 9.73 Å². The van der Waals surface area contributed by atoms with Crippen molar-refractivity contribution in [3.05, 3.63) is 83.8 Å². The standard InChI is InChI=1S/C22H25N3O4S/c1-16-6-10-18(11-7-16)24-30(27,28)19-12-8-17(9-13-19)22(26)23-15-20(25(2)3)21-5-4-14-29-21/h4-14,20,24H,15H2,1-3H3,(H,23,26)/t20-/m1/s1. The van der Waals surface area contributed by atoms with E-state index in [-0.39, 0.29) is 16.8 Å². The Morgan fingerprint density at radius 3 is 2.27 bits per heavy atom. The van der Waals surface area contributed by atoms with Crippen LogP contribution in [0.2, 0.25) is 0 Å². The summed E-state index contributed by atoms with van der Waals surface area (Å²) in [5.74, 6) is 0.466. The molecule has 0 unspecified atom stereocenters. The number of nitrogens with one attached hydrogen (secondary N) is 2. The molecule has 3 rings (SSSR count). The molecular weight excluding hydrogens is 402 g/mol. The average Bonchev–Trinajstić information content (AvgIpc) is 3.24. The highest BCUT2D eigenvalue weighted by molar-refractivity contribution is 7.92. The highest BCUT2D eigenvalue weighted by Crippen LogP contribution is 2.19. The van der Waals surface area contributed by atoms with Crippen molar-refractivity contribution in [1.82, 2.24) is 10.2 Å². The fraction of sp³-hybridized carbons (Fsp3) is 0.227. The predicted octanol–water partition coefficient (Wildman–Crippen LogP) is 3.42. The first kappa shape index (κ1) is 21.6. The Balaban J connectivity index is 1.65. The summed E-state index contributed by atoms with van der Waals surface area (Å²) < 4.78 is 33.1. The number of likely N-dealkylation sites (N-methyl/N-ethyl adjacent to an activating group) is 1. The summed E-state index contributed by atoms with van der Waals surface area (Å²) in [6.45, 7) is 2.28. The van der Waals surface area contributed by atoms with Gasteiger partial charge in [-0.2, -0.15) is 0 Å². The second-order valence-electron chi connectivity index (χ2n) is 7.20. The molecule has 1 heterocycles. The van der Waals surface area contributed by atoms with E-state index >= 15 is 0 Å². The number of anilines is 1. The molecular formula is C22H25N3O4S. The second-order valence-corrected chi connectivity index (χ2v) is 8.88. The van der Waals surface area contributed by atoms with Gasteiger partial charge in [-0.25, -0.2) is 8.42 Å². The molecule has 2 aromatic carbocycles. The minimum atomic E-state index is -3.74. The second kappa shape index (κ2) is 9.15. The molecule has 1 aromatic heterocycles. The molecule has 0 aliphatic rings. The third-order valence-electron chi connectivity index (χ3n) is 4.68. The lowest BCUT2D eigenvalue weighted by molar-refractivity contribution is 0.0939. The number of hydrogen-bond acceptors (Lipinski definition) is 5. The fourth-order valence-electron chi connectivity index (χ4n) is 2.93. The zero-order valence-electron chi connectivity index (χ0n) is 17.1. The maximum absolute atomic E-state index is 12.6. The van der Waals surface area contributed by atoms with Crippen LogP contribution >= 0.6 is 0 Å². The Morgan fingerprint density at radius 2 is 1.70 bits per heavy atom. The Hall–Kier alpha value is -3.10.